The summed E-state index contributed by atoms with van der Waals surface area (Å²) in [5, 5.41) is 8.74. The van der Waals surface area contributed by atoms with Gasteiger partial charge in [-0.3, -0.25) is 9.78 Å². The van der Waals surface area contributed by atoms with Crippen LogP contribution in [0.15, 0.2) is 18.5 Å². The Hall–Kier alpha value is -2.11. The van der Waals surface area contributed by atoms with Gasteiger partial charge in [-0.25, -0.2) is 4.79 Å². The fraction of sp³-hybridized carbons (Fsp3) is 0.364. The highest BCUT2D eigenvalue weighted by Crippen LogP contribution is 2.11. The largest absolute Gasteiger partial charge is 0.482 e. The van der Waals surface area contributed by atoms with Crippen molar-refractivity contribution in [3.63, 3.8) is 0 Å². The fourth-order valence-corrected chi connectivity index (χ4v) is 1.05. The average Bonchev–Trinajstić information content (AvgIpc) is 2.35. The maximum absolute atomic E-state index is 11.4. The number of hydrogen-bond donors (Lipinski definition) is 1. The summed E-state index contributed by atoms with van der Waals surface area (Å²) in [6.45, 7) is 2.31. The molecule has 6 heteroatoms. The van der Waals surface area contributed by atoms with Gasteiger partial charge >= 0.3 is 5.97 Å². The number of carbonyl (C=O) groups is 2. The third kappa shape index (κ3) is 3.75. The number of ether oxygens (including phenoxy) is 1. The lowest BCUT2D eigenvalue weighted by atomic mass is 10.3. The van der Waals surface area contributed by atoms with Crippen molar-refractivity contribution < 1.29 is 19.4 Å². The molecule has 1 heterocycles. The summed E-state index contributed by atoms with van der Waals surface area (Å²) in [7, 11) is 1.66. The van der Waals surface area contributed by atoms with E-state index < -0.39 is 5.97 Å². The summed E-state index contributed by atoms with van der Waals surface area (Å²) in [6, 6.07) is 1.33. The van der Waals surface area contributed by atoms with Gasteiger partial charge in [0.25, 0.3) is 5.91 Å². The topological polar surface area (TPSA) is 79.7 Å². The molecule has 1 amide bonds. The zero-order valence-electron chi connectivity index (χ0n) is 9.71. The molecule has 1 rings (SSSR count). The molecule has 0 saturated carbocycles. The molecule has 17 heavy (non-hydrogen) atoms. The van der Waals surface area contributed by atoms with Crippen LogP contribution in [0.4, 0.5) is 0 Å². The van der Waals surface area contributed by atoms with Gasteiger partial charge < -0.3 is 14.7 Å². The molecule has 0 aliphatic carbocycles. The Balaban J connectivity index is 2.60. The second-order valence-electron chi connectivity index (χ2n) is 3.41. The minimum atomic E-state index is -1.08. The number of aromatic carboxylic acids is 1. The van der Waals surface area contributed by atoms with Crippen LogP contribution in [0.5, 0.6) is 5.75 Å². The molecule has 1 aromatic heterocycles. The molecule has 0 aromatic carbocycles. The smallest absolute Gasteiger partial charge is 0.337 e. The zero-order chi connectivity index (χ0) is 12.8. The average molecular weight is 238 g/mol. The van der Waals surface area contributed by atoms with Gasteiger partial charge in [0, 0.05) is 19.8 Å². The minimum absolute atomic E-state index is 0.0267. The molecule has 0 fully saturated rings. The Morgan fingerprint density at radius 1 is 1.47 bits per heavy atom. The number of rotatable bonds is 5. The van der Waals surface area contributed by atoms with Crippen molar-refractivity contribution in [1.29, 1.82) is 0 Å². The maximum atomic E-state index is 11.4. The number of likely N-dealkylation sites (N-methyl/N-ethyl adjacent to an activating group) is 1. The standard InChI is InChI=1S/C11H14N2O4/c1-3-13(2)10(14)7-17-9-4-8(11(15)16)5-12-6-9/h4-6H,3,7H2,1-2H3,(H,15,16). The Bertz CT molecular complexity index is 420. The van der Waals surface area contributed by atoms with Crippen molar-refractivity contribution in [2.75, 3.05) is 20.2 Å². The number of carbonyl (C=O) groups excluding carboxylic acids is 1. The van der Waals surface area contributed by atoms with E-state index in [9.17, 15) is 9.59 Å². The van der Waals surface area contributed by atoms with Crippen molar-refractivity contribution in [2.45, 2.75) is 6.92 Å². The van der Waals surface area contributed by atoms with Gasteiger partial charge in [0.1, 0.15) is 5.75 Å². The van der Waals surface area contributed by atoms with Crippen molar-refractivity contribution in [2.24, 2.45) is 0 Å². The Kier molecular flexibility index (Phi) is 4.45. The predicted octanol–water partition coefficient (Wildman–Crippen LogP) is 0.637. The molecule has 0 aliphatic heterocycles. The second-order valence-corrected chi connectivity index (χ2v) is 3.41. The molecule has 0 saturated heterocycles. The quantitative estimate of drug-likeness (QED) is 0.814. The van der Waals surface area contributed by atoms with Gasteiger partial charge in [-0.1, -0.05) is 0 Å². The van der Waals surface area contributed by atoms with Crippen molar-refractivity contribution >= 4 is 11.9 Å². The summed E-state index contributed by atoms with van der Waals surface area (Å²) in [5.41, 5.74) is 0.0267. The second kappa shape index (κ2) is 5.83. The van der Waals surface area contributed by atoms with Gasteiger partial charge in [-0.15, -0.1) is 0 Å². The molecule has 0 aliphatic rings. The number of aromatic nitrogens is 1. The molecule has 0 radical (unpaired) electrons. The molecule has 0 spiro atoms. The van der Waals surface area contributed by atoms with E-state index in [1.54, 1.807) is 7.05 Å². The number of hydrogen-bond acceptors (Lipinski definition) is 4. The lowest BCUT2D eigenvalue weighted by Crippen LogP contribution is -2.31. The highest BCUT2D eigenvalue weighted by molar-refractivity contribution is 5.87. The van der Waals surface area contributed by atoms with E-state index in [0.29, 0.717) is 6.54 Å². The van der Waals surface area contributed by atoms with Crippen LogP contribution in [0.3, 0.4) is 0 Å². The SMILES string of the molecule is CCN(C)C(=O)COc1cncc(C(=O)O)c1. The van der Waals surface area contributed by atoms with Crippen LogP contribution in [0.2, 0.25) is 0 Å². The normalized spacial score (nSPS) is 9.76. The Labute approximate surface area is 98.8 Å². The van der Waals surface area contributed by atoms with Gasteiger partial charge in [0.15, 0.2) is 6.61 Å². The van der Waals surface area contributed by atoms with Crippen molar-refractivity contribution in [3.05, 3.63) is 24.0 Å². The molecule has 0 atom stereocenters. The molecular weight excluding hydrogens is 224 g/mol. The Morgan fingerprint density at radius 2 is 2.18 bits per heavy atom. The molecule has 0 bridgehead atoms. The number of nitrogens with zero attached hydrogens (tertiary/aromatic N) is 2. The number of carboxylic acids is 1. The van der Waals surface area contributed by atoms with E-state index in [2.05, 4.69) is 4.98 Å². The molecule has 6 nitrogen and oxygen atoms in total. The summed E-state index contributed by atoms with van der Waals surface area (Å²) < 4.78 is 5.16. The van der Waals surface area contributed by atoms with Crippen LogP contribution in [-0.4, -0.2) is 47.1 Å². The van der Waals surface area contributed by atoms with Gasteiger partial charge in [0.05, 0.1) is 11.8 Å². The van der Waals surface area contributed by atoms with E-state index in [0.717, 1.165) is 0 Å². The summed E-state index contributed by atoms with van der Waals surface area (Å²) in [6.07, 6.45) is 2.58. The maximum Gasteiger partial charge on any atom is 0.337 e. The van der Waals surface area contributed by atoms with Crippen LogP contribution in [0.1, 0.15) is 17.3 Å². The molecule has 0 unspecified atom stereocenters. The predicted molar refractivity (Wildman–Crippen MR) is 60.0 cm³/mol. The first-order chi connectivity index (χ1) is 8.04. The fourth-order valence-electron chi connectivity index (χ4n) is 1.05. The van der Waals surface area contributed by atoms with Gasteiger partial charge in [-0.05, 0) is 13.0 Å². The van der Waals surface area contributed by atoms with Crippen molar-refractivity contribution in [1.82, 2.24) is 9.88 Å². The van der Waals surface area contributed by atoms with E-state index >= 15 is 0 Å². The summed E-state index contributed by atoms with van der Waals surface area (Å²) in [5.74, 6) is -0.990. The lowest BCUT2D eigenvalue weighted by molar-refractivity contribution is -0.131. The van der Waals surface area contributed by atoms with Gasteiger partial charge in [0.2, 0.25) is 0 Å². The van der Waals surface area contributed by atoms with E-state index in [1.165, 1.54) is 23.4 Å². The molecule has 1 N–H and O–H groups in total. The number of pyridine rings is 1. The third-order valence-electron chi connectivity index (χ3n) is 2.22. The summed E-state index contributed by atoms with van der Waals surface area (Å²) >= 11 is 0. The number of amides is 1. The highest BCUT2D eigenvalue weighted by atomic mass is 16.5. The molecular formula is C11H14N2O4. The molecule has 1 aromatic rings. The van der Waals surface area contributed by atoms with E-state index in [-0.39, 0.29) is 23.8 Å². The lowest BCUT2D eigenvalue weighted by Gasteiger charge is -2.14. The van der Waals surface area contributed by atoms with Crippen LogP contribution >= 0.6 is 0 Å². The summed E-state index contributed by atoms with van der Waals surface area (Å²) in [4.78, 5) is 27.3. The monoisotopic (exact) mass is 238 g/mol. The van der Waals surface area contributed by atoms with Crippen LogP contribution in [0, 0.1) is 0 Å². The van der Waals surface area contributed by atoms with Crippen molar-refractivity contribution in [3.8, 4) is 5.75 Å². The van der Waals surface area contributed by atoms with Crippen LogP contribution in [-0.2, 0) is 4.79 Å². The minimum Gasteiger partial charge on any atom is -0.482 e. The molecule has 92 valence electrons. The van der Waals surface area contributed by atoms with Crippen LogP contribution < -0.4 is 4.74 Å². The van der Waals surface area contributed by atoms with Gasteiger partial charge in [-0.2, -0.15) is 0 Å². The number of carboxylic acid groups (broad SMARTS) is 1. The van der Waals surface area contributed by atoms with E-state index in [1.807, 2.05) is 6.92 Å². The first-order valence-electron chi connectivity index (χ1n) is 5.09. The van der Waals surface area contributed by atoms with E-state index in [4.69, 9.17) is 9.84 Å². The first-order valence-corrected chi connectivity index (χ1v) is 5.09. The third-order valence-corrected chi connectivity index (χ3v) is 2.22. The highest BCUT2D eigenvalue weighted by Gasteiger charge is 2.09. The first kappa shape index (κ1) is 13.0. The Morgan fingerprint density at radius 3 is 2.76 bits per heavy atom. The zero-order valence-corrected chi connectivity index (χ0v) is 9.71. The van der Waals surface area contributed by atoms with Crippen LogP contribution in [0.25, 0.3) is 0 Å².